The van der Waals surface area contributed by atoms with Gasteiger partial charge in [-0.15, -0.1) is 0 Å². The minimum absolute atomic E-state index is 0.0128. The first-order valence-electron chi connectivity index (χ1n) is 8.79. The molecule has 0 aliphatic carbocycles. The van der Waals surface area contributed by atoms with Crippen molar-refractivity contribution in [3.63, 3.8) is 0 Å². The van der Waals surface area contributed by atoms with E-state index in [1.807, 2.05) is 18.2 Å². The molecule has 2 aromatic rings. The summed E-state index contributed by atoms with van der Waals surface area (Å²) in [5.41, 5.74) is 6.67. The van der Waals surface area contributed by atoms with E-state index in [9.17, 15) is 18.0 Å². The van der Waals surface area contributed by atoms with E-state index in [1.54, 1.807) is 4.90 Å². The maximum Gasteiger partial charge on any atom is 0.253 e. The molecule has 6 nitrogen and oxygen atoms in total. The van der Waals surface area contributed by atoms with Crippen LogP contribution in [0.1, 0.15) is 22.3 Å². The molecule has 1 saturated heterocycles. The first-order chi connectivity index (χ1) is 12.8. The van der Waals surface area contributed by atoms with Crippen molar-refractivity contribution in [2.24, 2.45) is 11.7 Å². The number of hydrogen-bond donors (Lipinski definition) is 1. The fraction of sp³-hybridized carbons (Fsp3) is 0.300. The molecular weight excluding hydrogens is 364 g/mol. The molecular formula is C20H22N2O4S. The van der Waals surface area contributed by atoms with Crippen molar-refractivity contribution in [2.45, 2.75) is 17.7 Å². The van der Waals surface area contributed by atoms with Crippen LogP contribution in [0.3, 0.4) is 0 Å². The highest BCUT2D eigenvalue weighted by molar-refractivity contribution is 7.92. The molecule has 1 aliphatic heterocycles. The van der Waals surface area contributed by atoms with Gasteiger partial charge >= 0.3 is 0 Å². The summed E-state index contributed by atoms with van der Waals surface area (Å²) in [6.07, 6.45) is 1.89. The molecule has 2 aromatic carbocycles. The molecule has 1 heterocycles. The number of carbonyl (C=O) groups excluding carboxylic acids is 2. The van der Waals surface area contributed by atoms with Crippen molar-refractivity contribution in [1.82, 2.24) is 4.90 Å². The van der Waals surface area contributed by atoms with Crippen LogP contribution in [0.4, 0.5) is 0 Å². The second-order valence-corrected chi connectivity index (χ2v) is 8.83. The van der Waals surface area contributed by atoms with Gasteiger partial charge in [0.25, 0.3) is 5.91 Å². The van der Waals surface area contributed by atoms with Gasteiger partial charge in [0.2, 0.25) is 5.91 Å². The van der Waals surface area contributed by atoms with Crippen molar-refractivity contribution in [3.8, 4) is 0 Å². The number of likely N-dealkylation sites (tertiary alicyclic amines) is 1. The van der Waals surface area contributed by atoms with Crippen molar-refractivity contribution in [2.75, 3.05) is 18.8 Å². The summed E-state index contributed by atoms with van der Waals surface area (Å²) < 4.78 is 24.0. The Kier molecular flexibility index (Phi) is 5.60. The number of carbonyl (C=O) groups is 2. The Bertz CT molecular complexity index is 924. The lowest BCUT2D eigenvalue weighted by Crippen LogP contribution is -2.29. The zero-order valence-corrected chi connectivity index (χ0v) is 15.7. The summed E-state index contributed by atoms with van der Waals surface area (Å²) in [5.74, 6) is -1.33. The van der Waals surface area contributed by atoms with Gasteiger partial charge in [-0.1, -0.05) is 30.3 Å². The van der Waals surface area contributed by atoms with Crippen LogP contribution in [0.5, 0.6) is 0 Å². The highest BCUT2D eigenvalue weighted by Gasteiger charge is 2.27. The van der Waals surface area contributed by atoms with E-state index >= 15 is 0 Å². The molecule has 1 aliphatic rings. The predicted molar refractivity (Wildman–Crippen MR) is 102 cm³/mol. The fourth-order valence-electron chi connectivity index (χ4n) is 3.39. The van der Waals surface area contributed by atoms with Gasteiger partial charge in [-0.25, -0.2) is 8.42 Å². The zero-order chi connectivity index (χ0) is 19.4. The summed E-state index contributed by atoms with van der Waals surface area (Å²) in [6, 6.07) is 15.9. The highest BCUT2D eigenvalue weighted by Crippen LogP contribution is 2.23. The molecule has 142 valence electrons. The zero-order valence-electron chi connectivity index (χ0n) is 14.9. The minimum Gasteiger partial charge on any atom is -0.369 e. The van der Waals surface area contributed by atoms with Gasteiger partial charge in [0.1, 0.15) is 5.75 Å². The molecule has 3 rings (SSSR count). The lowest BCUT2D eigenvalue weighted by Gasteiger charge is -2.17. The lowest BCUT2D eigenvalue weighted by molar-refractivity contribution is -0.115. The minimum atomic E-state index is -3.76. The molecule has 1 fully saturated rings. The number of benzene rings is 2. The normalized spacial score (nSPS) is 17.0. The number of nitrogens with zero attached hydrogens (tertiary/aromatic N) is 1. The number of primary amides is 1. The molecule has 2 amide bonds. The van der Waals surface area contributed by atoms with Crippen LogP contribution < -0.4 is 5.73 Å². The van der Waals surface area contributed by atoms with E-state index < -0.39 is 21.5 Å². The van der Waals surface area contributed by atoms with E-state index in [2.05, 4.69) is 12.1 Å². The summed E-state index contributed by atoms with van der Waals surface area (Å²) in [7, 11) is -3.76. The summed E-state index contributed by atoms with van der Waals surface area (Å²) in [5, 5.41) is 0. The van der Waals surface area contributed by atoms with Gasteiger partial charge in [-0.05, 0) is 48.6 Å². The summed E-state index contributed by atoms with van der Waals surface area (Å²) >= 11 is 0. The average Bonchev–Trinajstić information content (AvgIpc) is 3.09. The quantitative estimate of drug-likeness (QED) is 0.816. The number of amides is 2. The molecule has 7 heteroatoms. The Labute approximate surface area is 158 Å². The molecule has 27 heavy (non-hydrogen) atoms. The third-order valence-corrected chi connectivity index (χ3v) is 6.39. The van der Waals surface area contributed by atoms with E-state index in [4.69, 9.17) is 5.73 Å². The van der Waals surface area contributed by atoms with Crippen LogP contribution in [0.25, 0.3) is 0 Å². The van der Waals surface area contributed by atoms with E-state index in [1.165, 1.54) is 29.8 Å². The summed E-state index contributed by atoms with van der Waals surface area (Å²) in [6.45, 7) is 1.38. The lowest BCUT2D eigenvalue weighted by atomic mass is 9.99. The SMILES string of the molecule is NC(=O)CS(=O)(=O)c1ccc(C(=O)N2CCC(Cc3ccccc3)C2)cc1. The Morgan fingerprint density at radius 2 is 1.70 bits per heavy atom. The van der Waals surface area contributed by atoms with Crippen LogP contribution in [0.15, 0.2) is 59.5 Å². The van der Waals surface area contributed by atoms with Gasteiger partial charge in [0.15, 0.2) is 9.84 Å². The molecule has 0 saturated carbocycles. The number of sulfone groups is 1. The third-order valence-electron chi connectivity index (χ3n) is 4.73. The van der Waals surface area contributed by atoms with Crippen LogP contribution >= 0.6 is 0 Å². The molecule has 0 radical (unpaired) electrons. The Hall–Kier alpha value is -2.67. The Balaban J connectivity index is 1.64. The Morgan fingerprint density at radius 3 is 2.33 bits per heavy atom. The number of nitrogens with two attached hydrogens (primary N) is 1. The Morgan fingerprint density at radius 1 is 1.04 bits per heavy atom. The van der Waals surface area contributed by atoms with Crippen molar-refractivity contribution in [1.29, 1.82) is 0 Å². The summed E-state index contributed by atoms with van der Waals surface area (Å²) in [4.78, 5) is 25.4. The standard InChI is InChI=1S/C20H22N2O4S/c21-19(23)14-27(25,26)18-8-6-17(7-9-18)20(24)22-11-10-16(13-22)12-15-4-2-1-3-5-15/h1-9,16H,10-14H2,(H2,21,23). The maximum atomic E-state index is 12.7. The van der Waals surface area contributed by atoms with E-state index in [-0.39, 0.29) is 10.8 Å². The first-order valence-corrected chi connectivity index (χ1v) is 10.4. The predicted octanol–water partition coefficient (Wildman–Crippen LogP) is 1.65. The van der Waals surface area contributed by atoms with E-state index in [0.29, 0.717) is 24.6 Å². The van der Waals surface area contributed by atoms with E-state index in [0.717, 1.165) is 12.8 Å². The van der Waals surface area contributed by atoms with Gasteiger partial charge in [-0.2, -0.15) is 0 Å². The number of rotatable bonds is 6. The van der Waals surface area contributed by atoms with Crippen molar-refractivity contribution in [3.05, 3.63) is 65.7 Å². The van der Waals surface area contributed by atoms with Crippen molar-refractivity contribution >= 4 is 21.7 Å². The van der Waals surface area contributed by atoms with Crippen LogP contribution in [0.2, 0.25) is 0 Å². The highest BCUT2D eigenvalue weighted by atomic mass is 32.2. The third kappa shape index (κ3) is 4.74. The maximum absolute atomic E-state index is 12.7. The van der Waals surface area contributed by atoms with Gasteiger partial charge in [-0.3, -0.25) is 9.59 Å². The molecule has 0 aromatic heterocycles. The molecule has 2 N–H and O–H groups in total. The number of hydrogen-bond acceptors (Lipinski definition) is 4. The van der Waals surface area contributed by atoms with Crippen LogP contribution in [-0.4, -0.2) is 44.0 Å². The van der Waals surface area contributed by atoms with Gasteiger partial charge in [0.05, 0.1) is 4.90 Å². The second-order valence-electron chi connectivity index (χ2n) is 6.85. The van der Waals surface area contributed by atoms with Gasteiger partial charge < -0.3 is 10.6 Å². The second kappa shape index (κ2) is 7.92. The average molecular weight is 386 g/mol. The van der Waals surface area contributed by atoms with Gasteiger partial charge in [0, 0.05) is 18.7 Å². The van der Waals surface area contributed by atoms with Crippen LogP contribution in [-0.2, 0) is 21.1 Å². The van der Waals surface area contributed by atoms with Crippen LogP contribution in [0, 0.1) is 5.92 Å². The topological polar surface area (TPSA) is 97.5 Å². The van der Waals surface area contributed by atoms with Crippen molar-refractivity contribution < 1.29 is 18.0 Å². The molecule has 0 spiro atoms. The molecule has 1 atom stereocenters. The first kappa shape index (κ1) is 19.1. The monoisotopic (exact) mass is 386 g/mol. The fourth-order valence-corrected chi connectivity index (χ4v) is 4.48. The molecule has 0 bridgehead atoms. The molecule has 1 unspecified atom stereocenters. The smallest absolute Gasteiger partial charge is 0.253 e. The largest absolute Gasteiger partial charge is 0.369 e.